The van der Waals surface area contributed by atoms with E-state index in [0.29, 0.717) is 6.42 Å². The van der Waals surface area contributed by atoms with Crippen molar-refractivity contribution in [3.05, 3.63) is 95.8 Å². The number of benzene rings is 3. The van der Waals surface area contributed by atoms with Gasteiger partial charge < -0.3 is 10.2 Å². The number of carbonyl (C=O) groups is 2. The Morgan fingerprint density at radius 2 is 1.51 bits per heavy atom. The predicted molar refractivity (Wildman–Crippen MR) is 151 cm³/mol. The number of sulfonamides is 1. The molecule has 0 aliphatic rings. The zero-order chi connectivity index (χ0) is 28.6. The standard InChI is InChI=1S/C30H36FN3O4S/c1-5-23(4)32-30(36)28(6-2)33(20-24-14-12-22(3)13-15-24)29(35)21-34(26-10-8-7-9-11-26)39(37,38)27-18-16-25(31)17-19-27/h7-19,23,28H,5-6,20-21H2,1-4H3,(H,32,36)/t23-,28+/m0/s1. The van der Waals surface area contributed by atoms with E-state index in [0.717, 1.165) is 34.0 Å². The van der Waals surface area contributed by atoms with Gasteiger partial charge in [0.05, 0.1) is 10.6 Å². The first-order valence-electron chi connectivity index (χ1n) is 13.1. The van der Waals surface area contributed by atoms with Gasteiger partial charge in [-0.25, -0.2) is 12.8 Å². The lowest BCUT2D eigenvalue weighted by molar-refractivity contribution is -0.140. The van der Waals surface area contributed by atoms with Gasteiger partial charge in [0.1, 0.15) is 18.4 Å². The molecule has 2 amide bonds. The second-order valence-corrected chi connectivity index (χ2v) is 11.4. The highest BCUT2D eigenvalue weighted by molar-refractivity contribution is 7.92. The summed E-state index contributed by atoms with van der Waals surface area (Å²) in [6, 6.07) is 19.5. The second kappa shape index (κ2) is 13.4. The smallest absolute Gasteiger partial charge is 0.264 e. The van der Waals surface area contributed by atoms with E-state index in [1.807, 2.05) is 52.0 Å². The molecule has 39 heavy (non-hydrogen) atoms. The molecule has 208 valence electrons. The number of nitrogens with zero attached hydrogens (tertiary/aromatic N) is 2. The van der Waals surface area contributed by atoms with Crippen molar-refractivity contribution >= 4 is 27.5 Å². The molecule has 0 saturated heterocycles. The molecule has 3 aromatic carbocycles. The Hall–Kier alpha value is -3.72. The van der Waals surface area contributed by atoms with Crippen molar-refractivity contribution in [3.63, 3.8) is 0 Å². The van der Waals surface area contributed by atoms with E-state index in [1.54, 1.807) is 30.3 Å². The molecule has 0 aliphatic carbocycles. The van der Waals surface area contributed by atoms with Crippen LogP contribution in [0.1, 0.15) is 44.7 Å². The molecule has 0 aliphatic heterocycles. The summed E-state index contributed by atoms with van der Waals surface area (Å²) in [5.74, 6) is -1.39. The molecule has 2 atom stereocenters. The Labute approximate surface area is 230 Å². The minimum absolute atomic E-state index is 0.0810. The third-order valence-corrected chi connectivity index (χ3v) is 8.37. The SMILES string of the molecule is CC[C@H](C(=O)N[C@@H](C)CC)N(Cc1ccc(C)cc1)C(=O)CN(c1ccccc1)S(=O)(=O)c1ccc(F)cc1. The van der Waals surface area contributed by atoms with E-state index in [9.17, 15) is 22.4 Å². The number of hydrogen-bond acceptors (Lipinski definition) is 4. The molecule has 0 spiro atoms. The number of carbonyl (C=O) groups excluding carboxylic acids is 2. The van der Waals surface area contributed by atoms with E-state index in [1.165, 1.54) is 17.0 Å². The van der Waals surface area contributed by atoms with Crippen LogP contribution in [-0.2, 0) is 26.2 Å². The lowest BCUT2D eigenvalue weighted by Crippen LogP contribution is -2.53. The zero-order valence-corrected chi connectivity index (χ0v) is 23.6. The first-order chi connectivity index (χ1) is 18.6. The summed E-state index contributed by atoms with van der Waals surface area (Å²) in [4.78, 5) is 28.5. The van der Waals surface area contributed by atoms with Crippen LogP contribution in [0, 0.1) is 12.7 Å². The van der Waals surface area contributed by atoms with Gasteiger partial charge in [-0.05, 0) is 68.7 Å². The van der Waals surface area contributed by atoms with Crippen LogP contribution in [0.2, 0.25) is 0 Å². The maximum atomic E-state index is 14.0. The van der Waals surface area contributed by atoms with Gasteiger partial charge in [0.2, 0.25) is 11.8 Å². The largest absolute Gasteiger partial charge is 0.352 e. The average molecular weight is 554 g/mol. The Morgan fingerprint density at radius 1 is 0.897 bits per heavy atom. The van der Waals surface area contributed by atoms with Crippen molar-refractivity contribution in [3.8, 4) is 0 Å². The van der Waals surface area contributed by atoms with Crippen molar-refractivity contribution in [1.82, 2.24) is 10.2 Å². The summed E-state index contributed by atoms with van der Waals surface area (Å²) < 4.78 is 42.0. The normalized spacial score (nSPS) is 12.8. The van der Waals surface area contributed by atoms with Gasteiger partial charge in [-0.3, -0.25) is 13.9 Å². The first kappa shape index (κ1) is 29.8. The van der Waals surface area contributed by atoms with Gasteiger partial charge in [-0.1, -0.05) is 61.9 Å². The maximum absolute atomic E-state index is 14.0. The number of nitrogens with one attached hydrogen (secondary N) is 1. The van der Waals surface area contributed by atoms with Crippen molar-refractivity contribution < 1.29 is 22.4 Å². The Morgan fingerprint density at radius 3 is 2.08 bits per heavy atom. The number of hydrogen-bond donors (Lipinski definition) is 1. The minimum Gasteiger partial charge on any atom is -0.352 e. The molecular formula is C30H36FN3O4S. The van der Waals surface area contributed by atoms with Crippen LogP contribution in [-0.4, -0.2) is 43.8 Å². The van der Waals surface area contributed by atoms with E-state index in [-0.39, 0.29) is 29.1 Å². The molecule has 7 nitrogen and oxygen atoms in total. The zero-order valence-electron chi connectivity index (χ0n) is 22.8. The number of amides is 2. The van der Waals surface area contributed by atoms with Gasteiger partial charge in [-0.15, -0.1) is 0 Å². The van der Waals surface area contributed by atoms with Gasteiger partial charge in [0.15, 0.2) is 0 Å². The van der Waals surface area contributed by atoms with Gasteiger partial charge in [0, 0.05) is 12.6 Å². The predicted octanol–water partition coefficient (Wildman–Crippen LogP) is 5.05. The molecule has 0 aromatic heterocycles. The van der Waals surface area contributed by atoms with Crippen molar-refractivity contribution in [1.29, 1.82) is 0 Å². The van der Waals surface area contributed by atoms with Crippen LogP contribution in [0.3, 0.4) is 0 Å². The summed E-state index contributed by atoms with van der Waals surface area (Å²) in [6.07, 6.45) is 1.07. The average Bonchev–Trinajstić information content (AvgIpc) is 2.93. The minimum atomic E-state index is -4.23. The summed E-state index contributed by atoms with van der Waals surface area (Å²) >= 11 is 0. The Bertz CT molecular complexity index is 1350. The highest BCUT2D eigenvalue weighted by atomic mass is 32.2. The summed E-state index contributed by atoms with van der Waals surface area (Å²) in [5.41, 5.74) is 2.15. The summed E-state index contributed by atoms with van der Waals surface area (Å²) in [7, 11) is -4.23. The second-order valence-electron chi connectivity index (χ2n) is 9.55. The van der Waals surface area contributed by atoms with E-state index in [2.05, 4.69) is 5.32 Å². The van der Waals surface area contributed by atoms with Crippen molar-refractivity contribution in [2.45, 2.75) is 64.1 Å². The fraction of sp³-hybridized carbons (Fsp3) is 0.333. The van der Waals surface area contributed by atoms with Crippen LogP contribution in [0.4, 0.5) is 10.1 Å². The third kappa shape index (κ3) is 7.66. The number of rotatable bonds is 12. The monoisotopic (exact) mass is 553 g/mol. The molecule has 0 bridgehead atoms. The van der Waals surface area contributed by atoms with E-state index >= 15 is 0 Å². The van der Waals surface area contributed by atoms with Gasteiger partial charge in [0.25, 0.3) is 10.0 Å². The fourth-order valence-corrected chi connectivity index (χ4v) is 5.52. The molecule has 0 radical (unpaired) electrons. The summed E-state index contributed by atoms with van der Waals surface area (Å²) in [6.45, 7) is 7.22. The fourth-order valence-electron chi connectivity index (χ4n) is 4.11. The number of para-hydroxylation sites is 1. The number of halogens is 1. The lowest BCUT2D eigenvalue weighted by atomic mass is 10.1. The molecule has 0 unspecified atom stereocenters. The number of anilines is 1. The van der Waals surface area contributed by atoms with Gasteiger partial charge in [-0.2, -0.15) is 0 Å². The van der Waals surface area contributed by atoms with Crippen molar-refractivity contribution in [2.24, 2.45) is 0 Å². The van der Waals surface area contributed by atoms with Crippen LogP contribution in [0.25, 0.3) is 0 Å². The molecule has 3 aromatic rings. The van der Waals surface area contributed by atoms with Crippen LogP contribution in [0.5, 0.6) is 0 Å². The molecular weight excluding hydrogens is 517 g/mol. The molecule has 1 N–H and O–H groups in total. The van der Waals surface area contributed by atoms with E-state index < -0.39 is 34.3 Å². The van der Waals surface area contributed by atoms with E-state index in [4.69, 9.17) is 0 Å². The molecule has 9 heteroatoms. The topological polar surface area (TPSA) is 86.8 Å². The third-order valence-electron chi connectivity index (χ3n) is 6.59. The highest BCUT2D eigenvalue weighted by Crippen LogP contribution is 2.25. The van der Waals surface area contributed by atoms with Crippen molar-refractivity contribution in [2.75, 3.05) is 10.8 Å². The maximum Gasteiger partial charge on any atom is 0.264 e. The molecule has 0 heterocycles. The molecule has 0 saturated carbocycles. The van der Waals surface area contributed by atoms with Crippen LogP contribution in [0.15, 0.2) is 83.8 Å². The quantitative estimate of drug-likeness (QED) is 0.340. The lowest BCUT2D eigenvalue weighted by Gasteiger charge is -2.33. The number of aryl methyl sites for hydroxylation is 1. The van der Waals surface area contributed by atoms with Crippen LogP contribution < -0.4 is 9.62 Å². The molecule has 3 rings (SSSR count). The first-order valence-corrected chi connectivity index (χ1v) is 14.5. The molecule has 0 fully saturated rings. The Kier molecular flexibility index (Phi) is 10.2. The summed E-state index contributed by atoms with van der Waals surface area (Å²) in [5, 5.41) is 2.96. The van der Waals surface area contributed by atoms with Crippen LogP contribution >= 0.6 is 0 Å². The Balaban J connectivity index is 2.02. The highest BCUT2D eigenvalue weighted by Gasteiger charge is 2.33. The van der Waals surface area contributed by atoms with Gasteiger partial charge >= 0.3 is 0 Å².